The van der Waals surface area contributed by atoms with Gasteiger partial charge in [-0.25, -0.2) is 0 Å². The number of thiophene rings is 1. The third kappa shape index (κ3) is 3.09. The van der Waals surface area contributed by atoms with Crippen molar-refractivity contribution >= 4 is 33.9 Å². The number of rotatable bonds is 4. The van der Waals surface area contributed by atoms with Crippen LogP contribution in [-0.4, -0.2) is 6.54 Å². The summed E-state index contributed by atoms with van der Waals surface area (Å²) < 4.78 is 1.34. The Hall–Kier alpha value is -0.390. The molecule has 1 unspecified atom stereocenters. The zero-order valence-corrected chi connectivity index (χ0v) is 13.0. The van der Waals surface area contributed by atoms with Crippen molar-refractivity contribution in [3.05, 3.63) is 55.3 Å². The van der Waals surface area contributed by atoms with E-state index in [1.807, 2.05) is 0 Å². The summed E-state index contributed by atoms with van der Waals surface area (Å²) in [7, 11) is 0. The van der Waals surface area contributed by atoms with E-state index in [9.17, 15) is 0 Å². The molecule has 1 aromatic carbocycles. The summed E-state index contributed by atoms with van der Waals surface area (Å²) in [5.74, 6) is 0. The fraction of sp³-hybridized carbons (Fsp3) is 0.286. The molecule has 90 valence electrons. The highest BCUT2D eigenvalue weighted by Crippen LogP contribution is 2.28. The van der Waals surface area contributed by atoms with Crippen LogP contribution in [0.3, 0.4) is 0 Å². The number of hydrogen-bond donors (Lipinski definition) is 1. The van der Waals surface area contributed by atoms with Gasteiger partial charge in [0.25, 0.3) is 0 Å². The lowest BCUT2D eigenvalue weighted by atomic mass is 9.97. The molecule has 17 heavy (non-hydrogen) atoms. The lowest BCUT2D eigenvalue weighted by Gasteiger charge is -2.19. The Labute approximate surface area is 120 Å². The topological polar surface area (TPSA) is 12.0 Å². The van der Waals surface area contributed by atoms with Crippen LogP contribution in [0.1, 0.15) is 29.7 Å². The van der Waals surface area contributed by atoms with E-state index in [0.29, 0.717) is 6.04 Å². The molecule has 1 aromatic heterocycles. The highest BCUT2D eigenvalue weighted by atomic mass is 127. The first kappa shape index (κ1) is 13.1. The van der Waals surface area contributed by atoms with E-state index in [0.717, 1.165) is 6.54 Å². The molecule has 0 aliphatic rings. The van der Waals surface area contributed by atoms with Gasteiger partial charge in [0, 0.05) is 0 Å². The number of nitrogens with one attached hydrogen (secondary N) is 1. The van der Waals surface area contributed by atoms with Crippen molar-refractivity contribution in [3.63, 3.8) is 0 Å². The van der Waals surface area contributed by atoms with E-state index >= 15 is 0 Å². The van der Waals surface area contributed by atoms with Gasteiger partial charge in [-0.15, -0.1) is 11.3 Å². The van der Waals surface area contributed by atoms with Crippen molar-refractivity contribution in [1.29, 1.82) is 0 Å². The number of aryl methyl sites for hydroxylation is 1. The fourth-order valence-corrected chi connectivity index (χ4v) is 3.39. The summed E-state index contributed by atoms with van der Waals surface area (Å²) in [5, 5.41) is 5.82. The average Bonchev–Trinajstić information content (AvgIpc) is 2.74. The molecule has 1 nitrogen and oxygen atoms in total. The second-order valence-corrected chi connectivity index (χ2v) is 6.84. The van der Waals surface area contributed by atoms with E-state index < -0.39 is 0 Å². The van der Waals surface area contributed by atoms with Crippen LogP contribution in [0.5, 0.6) is 0 Å². The highest BCUT2D eigenvalue weighted by Gasteiger charge is 2.15. The van der Waals surface area contributed by atoms with Crippen LogP contribution in [0.25, 0.3) is 0 Å². The van der Waals surface area contributed by atoms with Crippen LogP contribution in [0, 0.1) is 9.81 Å². The minimum absolute atomic E-state index is 0.320. The van der Waals surface area contributed by atoms with Gasteiger partial charge >= 0.3 is 0 Å². The van der Waals surface area contributed by atoms with E-state index in [4.69, 9.17) is 0 Å². The van der Waals surface area contributed by atoms with Gasteiger partial charge in [0.1, 0.15) is 0 Å². The highest BCUT2D eigenvalue weighted by molar-refractivity contribution is 14.1. The second-order valence-electron chi connectivity index (χ2n) is 4.03. The van der Waals surface area contributed by atoms with Crippen molar-refractivity contribution in [2.24, 2.45) is 0 Å². The second kappa shape index (κ2) is 5.98. The Balaban J connectivity index is 2.39. The first-order valence-electron chi connectivity index (χ1n) is 5.75. The van der Waals surface area contributed by atoms with E-state index in [1.165, 1.54) is 19.6 Å². The summed E-state index contributed by atoms with van der Waals surface area (Å²) in [6.45, 7) is 5.31. The third-order valence-corrected chi connectivity index (χ3v) is 4.64. The Morgan fingerprint density at radius 3 is 2.71 bits per heavy atom. The molecule has 1 heterocycles. The molecule has 0 fully saturated rings. The maximum Gasteiger partial charge on any atom is 0.0656 e. The largest absolute Gasteiger partial charge is 0.306 e. The van der Waals surface area contributed by atoms with Crippen LogP contribution >= 0.6 is 33.9 Å². The predicted octanol–water partition coefficient (Wildman–Crippen LogP) is 4.36. The van der Waals surface area contributed by atoms with Gasteiger partial charge in [0.15, 0.2) is 0 Å². The minimum Gasteiger partial charge on any atom is -0.306 e. The Bertz CT molecular complexity index is 492. The van der Waals surface area contributed by atoms with Gasteiger partial charge in [-0.1, -0.05) is 31.2 Å². The molecule has 3 heteroatoms. The van der Waals surface area contributed by atoms with Crippen molar-refractivity contribution in [3.8, 4) is 0 Å². The molecule has 0 radical (unpaired) electrons. The van der Waals surface area contributed by atoms with Gasteiger partial charge in [-0.3, -0.25) is 0 Å². The first-order chi connectivity index (χ1) is 8.22. The number of benzene rings is 1. The SMILES string of the molecule is CCNC(c1csc(I)c1)c1ccccc1C. The van der Waals surface area contributed by atoms with Crippen LogP contribution in [0.4, 0.5) is 0 Å². The molecular formula is C14H16INS. The average molecular weight is 357 g/mol. The molecule has 0 aliphatic carbocycles. The van der Waals surface area contributed by atoms with Gasteiger partial charge in [-0.05, 0) is 64.2 Å². The lowest BCUT2D eigenvalue weighted by molar-refractivity contribution is 0.629. The summed E-state index contributed by atoms with van der Waals surface area (Å²) >= 11 is 4.19. The third-order valence-electron chi connectivity index (χ3n) is 2.83. The zero-order chi connectivity index (χ0) is 12.3. The molecule has 0 spiro atoms. The Kier molecular flexibility index (Phi) is 4.59. The standard InChI is InChI=1S/C14H16INS/c1-3-16-14(11-8-13(15)17-9-11)12-7-5-4-6-10(12)2/h4-9,14,16H,3H2,1-2H3. The van der Waals surface area contributed by atoms with E-state index in [1.54, 1.807) is 11.3 Å². The summed E-state index contributed by atoms with van der Waals surface area (Å²) in [5.41, 5.74) is 4.10. The van der Waals surface area contributed by atoms with E-state index in [2.05, 4.69) is 77.5 Å². The van der Waals surface area contributed by atoms with Gasteiger partial charge in [-0.2, -0.15) is 0 Å². The predicted molar refractivity (Wildman–Crippen MR) is 83.7 cm³/mol. The molecule has 0 amide bonds. The van der Waals surface area contributed by atoms with Crippen molar-refractivity contribution in [2.75, 3.05) is 6.54 Å². The van der Waals surface area contributed by atoms with E-state index in [-0.39, 0.29) is 0 Å². The summed E-state index contributed by atoms with van der Waals surface area (Å²) in [6.07, 6.45) is 0. The molecule has 0 saturated carbocycles. The molecule has 0 aliphatic heterocycles. The molecule has 1 atom stereocenters. The number of hydrogen-bond acceptors (Lipinski definition) is 2. The van der Waals surface area contributed by atoms with Crippen molar-refractivity contribution in [1.82, 2.24) is 5.32 Å². The Morgan fingerprint density at radius 1 is 1.35 bits per heavy atom. The summed E-state index contributed by atoms with van der Waals surface area (Å²) in [4.78, 5) is 0. The van der Waals surface area contributed by atoms with Crippen LogP contribution in [-0.2, 0) is 0 Å². The minimum atomic E-state index is 0.320. The van der Waals surface area contributed by atoms with Gasteiger partial charge in [0.2, 0.25) is 0 Å². The molecular weight excluding hydrogens is 341 g/mol. The zero-order valence-electron chi connectivity index (χ0n) is 10.0. The van der Waals surface area contributed by atoms with Crippen LogP contribution < -0.4 is 5.32 Å². The van der Waals surface area contributed by atoms with Crippen LogP contribution in [0.2, 0.25) is 0 Å². The quantitative estimate of drug-likeness (QED) is 0.802. The maximum absolute atomic E-state index is 3.57. The molecule has 2 aromatic rings. The van der Waals surface area contributed by atoms with Crippen molar-refractivity contribution in [2.45, 2.75) is 19.9 Å². The Morgan fingerprint density at radius 2 is 2.12 bits per heavy atom. The molecule has 2 rings (SSSR count). The normalized spacial score (nSPS) is 12.6. The van der Waals surface area contributed by atoms with Crippen LogP contribution in [0.15, 0.2) is 35.7 Å². The molecule has 1 N–H and O–H groups in total. The smallest absolute Gasteiger partial charge is 0.0656 e. The fourth-order valence-electron chi connectivity index (χ4n) is 2.00. The monoisotopic (exact) mass is 357 g/mol. The molecule has 0 saturated heterocycles. The molecule has 0 bridgehead atoms. The summed E-state index contributed by atoms with van der Waals surface area (Å²) in [6, 6.07) is 11.2. The maximum atomic E-state index is 3.57. The van der Waals surface area contributed by atoms with Gasteiger partial charge in [0.05, 0.1) is 8.93 Å². The first-order valence-corrected chi connectivity index (χ1v) is 7.71. The lowest BCUT2D eigenvalue weighted by Crippen LogP contribution is -2.22. The van der Waals surface area contributed by atoms with Crippen molar-refractivity contribution < 1.29 is 0 Å². The number of halogens is 1. The van der Waals surface area contributed by atoms with Gasteiger partial charge < -0.3 is 5.32 Å².